The molecule has 0 aromatic heterocycles. The van der Waals surface area contributed by atoms with Crippen LogP contribution < -0.4 is 0 Å². The van der Waals surface area contributed by atoms with Crippen LogP contribution in [0.25, 0.3) is 5.57 Å². The van der Waals surface area contributed by atoms with Gasteiger partial charge in [-0.1, -0.05) is 6.08 Å². The smallest absolute Gasteiger partial charge is 0.131 e. The number of aryl methyl sites for hydroxylation is 1. The predicted octanol–water partition coefficient (Wildman–Crippen LogP) is 3.77. The molecule has 0 radical (unpaired) electrons. The second kappa shape index (κ2) is 5.01. The van der Waals surface area contributed by atoms with Crippen molar-refractivity contribution in [3.8, 4) is 0 Å². The summed E-state index contributed by atoms with van der Waals surface area (Å²) >= 11 is 0. The number of aliphatic imine (C=N–C) groups is 1. The predicted molar refractivity (Wildman–Crippen MR) is 63.8 cm³/mol. The molecule has 1 aromatic rings. The van der Waals surface area contributed by atoms with Crippen LogP contribution in [0, 0.1) is 18.6 Å². The average molecular weight is 223 g/mol. The van der Waals surface area contributed by atoms with Gasteiger partial charge in [-0.05, 0) is 38.5 Å². The number of allylic oxidation sites excluding steroid dienone is 2. The second-order valence-corrected chi connectivity index (χ2v) is 3.59. The molecule has 0 aliphatic rings. The van der Waals surface area contributed by atoms with E-state index in [1.165, 1.54) is 19.1 Å². The molecule has 0 N–H and O–H groups in total. The lowest BCUT2D eigenvalue weighted by molar-refractivity contribution is 0.590. The van der Waals surface area contributed by atoms with Gasteiger partial charge in [0, 0.05) is 23.9 Å². The van der Waals surface area contributed by atoms with Crippen LogP contribution in [-0.2, 0) is 0 Å². The molecule has 1 rings (SSSR count). The van der Waals surface area contributed by atoms with Crippen LogP contribution in [0.15, 0.2) is 23.2 Å². The highest BCUT2D eigenvalue weighted by Crippen LogP contribution is 2.22. The highest BCUT2D eigenvalue weighted by Gasteiger charge is 2.12. The molecule has 0 saturated carbocycles. The lowest BCUT2D eigenvalue weighted by Gasteiger charge is -2.09. The summed E-state index contributed by atoms with van der Waals surface area (Å²) in [5.41, 5.74) is 1.88. The van der Waals surface area contributed by atoms with Crippen molar-refractivity contribution in [2.75, 3.05) is 7.05 Å². The number of nitrogens with zero attached hydrogens (tertiary/aromatic N) is 1. The summed E-state index contributed by atoms with van der Waals surface area (Å²) in [7, 11) is 1.63. The van der Waals surface area contributed by atoms with Crippen LogP contribution in [0.1, 0.15) is 25.0 Å². The van der Waals surface area contributed by atoms with Gasteiger partial charge >= 0.3 is 0 Å². The molecular weight excluding hydrogens is 208 g/mol. The molecule has 1 nitrogen and oxygen atoms in total. The van der Waals surface area contributed by atoms with Gasteiger partial charge in [0.05, 0.1) is 0 Å². The zero-order chi connectivity index (χ0) is 12.3. The van der Waals surface area contributed by atoms with Crippen molar-refractivity contribution in [2.24, 2.45) is 4.99 Å². The SMILES string of the molecule is C/C=C(\C(C)=NC)c1cc(F)c(C)cc1F. The summed E-state index contributed by atoms with van der Waals surface area (Å²) < 4.78 is 27.1. The maximum absolute atomic E-state index is 13.7. The van der Waals surface area contributed by atoms with Crippen LogP contribution in [0.4, 0.5) is 8.78 Å². The number of rotatable bonds is 2. The van der Waals surface area contributed by atoms with E-state index < -0.39 is 11.6 Å². The molecule has 0 saturated heterocycles. The number of benzene rings is 1. The third-order valence-corrected chi connectivity index (χ3v) is 2.55. The van der Waals surface area contributed by atoms with Gasteiger partial charge in [0.15, 0.2) is 0 Å². The Hall–Kier alpha value is -1.51. The largest absolute Gasteiger partial charge is 0.293 e. The van der Waals surface area contributed by atoms with Crippen LogP contribution in [0.5, 0.6) is 0 Å². The second-order valence-electron chi connectivity index (χ2n) is 3.59. The van der Waals surface area contributed by atoms with E-state index >= 15 is 0 Å². The quantitative estimate of drug-likeness (QED) is 0.677. The Bertz CT molecular complexity index is 459. The van der Waals surface area contributed by atoms with Gasteiger partial charge in [0.25, 0.3) is 0 Å². The molecule has 0 fully saturated rings. The van der Waals surface area contributed by atoms with Crippen LogP contribution >= 0.6 is 0 Å². The first-order valence-electron chi connectivity index (χ1n) is 5.07. The molecule has 0 heterocycles. The van der Waals surface area contributed by atoms with Crippen LogP contribution in [0.3, 0.4) is 0 Å². The van der Waals surface area contributed by atoms with E-state index in [1.807, 2.05) is 0 Å². The van der Waals surface area contributed by atoms with E-state index in [9.17, 15) is 8.78 Å². The van der Waals surface area contributed by atoms with Gasteiger partial charge in [0.1, 0.15) is 11.6 Å². The fraction of sp³-hybridized carbons (Fsp3) is 0.308. The standard InChI is InChI=1S/C13H15F2N/c1-5-10(9(3)16-4)11-7-12(14)8(2)6-13(11)15/h5-7H,1-4H3/b10-5+,16-9?. The zero-order valence-corrected chi connectivity index (χ0v) is 9.94. The Morgan fingerprint density at radius 1 is 1.25 bits per heavy atom. The van der Waals surface area contributed by atoms with Crippen molar-refractivity contribution < 1.29 is 8.78 Å². The molecule has 0 unspecified atom stereocenters. The van der Waals surface area contributed by atoms with Gasteiger partial charge in [-0.2, -0.15) is 0 Å². The lowest BCUT2D eigenvalue weighted by atomic mass is 9.99. The first kappa shape index (κ1) is 12.6. The van der Waals surface area contributed by atoms with Crippen molar-refractivity contribution in [2.45, 2.75) is 20.8 Å². The van der Waals surface area contributed by atoms with Crippen molar-refractivity contribution in [3.05, 3.63) is 41.0 Å². The van der Waals surface area contributed by atoms with E-state index in [2.05, 4.69) is 4.99 Å². The Labute approximate surface area is 94.5 Å². The van der Waals surface area contributed by atoms with Crippen molar-refractivity contribution >= 4 is 11.3 Å². The molecule has 0 bridgehead atoms. The minimum Gasteiger partial charge on any atom is -0.293 e. The summed E-state index contributed by atoms with van der Waals surface area (Å²) in [6.45, 7) is 5.09. The Morgan fingerprint density at radius 2 is 1.88 bits per heavy atom. The topological polar surface area (TPSA) is 12.4 Å². The minimum atomic E-state index is -0.421. The molecule has 16 heavy (non-hydrogen) atoms. The van der Waals surface area contributed by atoms with E-state index in [-0.39, 0.29) is 5.56 Å². The molecule has 3 heteroatoms. The van der Waals surface area contributed by atoms with Gasteiger partial charge in [-0.25, -0.2) is 8.78 Å². The summed E-state index contributed by atoms with van der Waals surface area (Å²) in [6, 6.07) is 2.42. The van der Waals surface area contributed by atoms with E-state index in [0.29, 0.717) is 16.8 Å². The number of halogens is 2. The monoisotopic (exact) mass is 223 g/mol. The van der Waals surface area contributed by atoms with Gasteiger partial charge < -0.3 is 0 Å². The van der Waals surface area contributed by atoms with Crippen molar-refractivity contribution in [3.63, 3.8) is 0 Å². The fourth-order valence-corrected chi connectivity index (χ4v) is 1.53. The molecule has 86 valence electrons. The summed E-state index contributed by atoms with van der Waals surface area (Å²) in [5.74, 6) is -0.824. The first-order valence-corrected chi connectivity index (χ1v) is 5.07. The zero-order valence-electron chi connectivity index (χ0n) is 9.94. The molecule has 0 aliphatic carbocycles. The normalized spacial score (nSPS) is 13.1. The molecule has 1 aromatic carbocycles. The highest BCUT2D eigenvalue weighted by atomic mass is 19.1. The van der Waals surface area contributed by atoms with Gasteiger partial charge in [-0.15, -0.1) is 0 Å². The lowest BCUT2D eigenvalue weighted by Crippen LogP contribution is -2.01. The highest BCUT2D eigenvalue weighted by molar-refractivity contribution is 6.22. The molecule has 0 aliphatic heterocycles. The van der Waals surface area contributed by atoms with Crippen molar-refractivity contribution in [1.82, 2.24) is 0 Å². The Morgan fingerprint density at radius 3 is 2.38 bits per heavy atom. The van der Waals surface area contributed by atoms with E-state index in [0.717, 1.165) is 0 Å². The summed E-state index contributed by atoms with van der Waals surface area (Å²) in [5, 5.41) is 0. The van der Waals surface area contributed by atoms with E-state index in [1.54, 1.807) is 27.0 Å². The Kier molecular flexibility index (Phi) is 3.93. The van der Waals surface area contributed by atoms with Gasteiger partial charge in [-0.3, -0.25) is 4.99 Å². The van der Waals surface area contributed by atoms with Crippen molar-refractivity contribution in [1.29, 1.82) is 0 Å². The molecular formula is C13H15F2N. The average Bonchev–Trinajstić information content (AvgIpc) is 2.26. The Balaban J connectivity index is 3.38. The van der Waals surface area contributed by atoms with Crippen LogP contribution in [-0.4, -0.2) is 12.8 Å². The summed E-state index contributed by atoms with van der Waals surface area (Å²) in [6.07, 6.45) is 1.73. The first-order chi connectivity index (χ1) is 7.51. The third-order valence-electron chi connectivity index (χ3n) is 2.55. The summed E-state index contributed by atoms with van der Waals surface area (Å²) in [4.78, 5) is 3.99. The number of hydrogen-bond donors (Lipinski definition) is 0. The minimum absolute atomic E-state index is 0.258. The maximum atomic E-state index is 13.7. The third kappa shape index (κ3) is 2.35. The maximum Gasteiger partial charge on any atom is 0.131 e. The fourth-order valence-electron chi connectivity index (χ4n) is 1.53. The van der Waals surface area contributed by atoms with Gasteiger partial charge in [0.2, 0.25) is 0 Å². The molecule has 0 atom stereocenters. The number of hydrogen-bond acceptors (Lipinski definition) is 1. The van der Waals surface area contributed by atoms with E-state index in [4.69, 9.17) is 0 Å². The van der Waals surface area contributed by atoms with Crippen LogP contribution in [0.2, 0.25) is 0 Å². The molecule has 0 amide bonds. The molecule has 0 spiro atoms.